The molecule has 2 N–H and O–H groups in total. The van der Waals surface area contributed by atoms with Crippen molar-refractivity contribution in [2.24, 2.45) is 0 Å². The third-order valence-corrected chi connectivity index (χ3v) is 3.66. The number of nitrogens with one attached hydrogen (secondary N) is 1. The number of rotatable bonds is 6. The van der Waals surface area contributed by atoms with Gasteiger partial charge in [0.1, 0.15) is 5.82 Å². The fourth-order valence-corrected chi connectivity index (χ4v) is 2.37. The predicted molar refractivity (Wildman–Crippen MR) is 94.9 cm³/mol. The summed E-state index contributed by atoms with van der Waals surface area (Å²) in [6.07, 6.45) is 0. The molecule has 1 heterocycles. The number of hydrogen-bond acceptors (Lipinski definition) is 6. The number of carboxylic acid groups (broad SMARTS) is 1. The minimum Gasteiger partial charge on any atom is -0.478 e. The molecule has 0 aliphatic heterocycles. The Morgan fingerprint density at radius 3 is 2.58 bits per heavy atom. The molecule has 0 atom stereocenters. The van der Waals surface area contributed by atoms with E-state index in [1.165, 1.54) is 18.2 Å². The first kappa shape index (κ1) is 17.0. The van der Waals surface area contributed by atoms with Crippen LogP contribution in [-0.4, -0.2) is 26.2 Å². The second-order valence-electron chi connectivity index (χ2n) is 5.47. The molecule has 0 fully saturated rings. The third-order valence-electron chi connectivity index (χ3n) is 3.66. The van der Waals surface area contributed by atoms with Gasteiger partial charge in [-0.05, 0) is 29.8 Å². The quantitative estimate of drug-likeness (QED) is 0.517. The molecule has 0 amide bonds. The number of anilines is 1. The van der Waals surface area contributed by atoms with E-state index in [1.54, 1.807) is 36.4 Å². The van der Waals surface area contributed by atoms with Crippen LogP contribution >= 0.6 is 0 Å². The summed E-state index contributed by atoms with van der Waals surface area (Å²) < 4.78 is 0. The molecule has 8 heteroatoms. The average Bonchev–Trinajstić information content (AvgIpc) is 2.67. The summed E-state index contributed by atoms with van der Waals surface area (Å²) in [4.78, 5) is 21.4. The molecule has 1 aromatic heterocycles. The maximum Gasteiger partial charge on any atom is 0.335 e. The molecule has 0 saturated carbocycles. The molecule has 0 spiro atoms. The van der Waals surface area contributed by atoms with Crippen molar-refractivity contribution in [1.29, 1.82) is 0 Å². The molecule has 3 aromatic rings. The number of nitro benzene ring substituents is 1. The van der Waals surface area contributed by atoms with Crippen molar-refractivity contribution in [2.45, 2.75) is 6.54 Å². The van der Waals surface area contributed by atoms with Crippen molar-refractivity contribution < 1.29 is 14.8 Å². The maximum atomic E-state index is 11.0. The van der Waals surface area contributed by atoms with Crippen LogP contribution in [0, 0.1) is 10.1 Å². The van der Waals surface area contributed by atoms with Gasteiger partial charge >= 0.3 is 5.97 Å². The Hall–Kier alpha value is -3.81. The van der Waals surface area contributed by atoms with E-state index < -0.39 is 10.9 Å². The summed E-state index contributed by atoms with van der Waals surface area (Å²) >= 11 is 0. The molecule has 0 aliphatic rings. The first-order chi connectivity index (χ1) is 12.5. The van der Waals surface area contributed by atoms with Gasteiger partial charge in [0.25, 0.3) is 5.69 Å². The van der Waals surface area contributed by atoms with Crippen LogP contribution < -0.4 is 5.32 Å². The normalized spacial score (nSPS) is 10.3. The summed E-state index contributed by atoms with van der Waals surface area (Å²) in [7, 11) is 0. The van der Waals surface area contributed by atoms with Crippen LogP contribution in [0.2, 0.25) is 0 Å². The van der Waals surface area contributed by atoms with Crippen LogP contribution in [-0.2, 0) is 6.54 Å². The van der Waals surface area contributed by atoms with Crippen molar-refractivity contribution in [3.05, 3.63) is 81.9 Å². The van der Waals surface area contributed by atoms with E-state index in [1.807, 2.05) is 6.07 Å². The summed E-state index contributed by atoms with van der Waals surface area (Å²) in [6.45, 7) is 0.395. The van der Waals surface area contributed by atoms with Gasteiger partial charge in [0.2, 0.25) is 0 Å². The van der Waals surface area contributed by atoms with Gasteiger partial charge in [0.05, 0.1) is 16.2 Å². The van der Waals surface area contributed by atoms with Gasteiger partial charge in [-0.15, -0.1) is 10.2 Å². The Labute approximate surface area is 148 Å². The zero-order valence-electron chi connectivity index (χ0n) is 13.5. The lowest BCUT2D eigenvalue weighted by atomic mass is 10.1. The predicted octanol–water partition coefficient (Wildman–Crippen LogP) is 3.36. The van der Waals surface area contributed by atoms with E-state index in [9.17, 15) is 14.9 Å². The van der Waals surface area contributed by atoms with E-state index >= 15 is 0 Å². The number of aromatic carboxylic acids is 1. The molecule has 8 nitrogen and oxygen atoms in total. The fraction of sp³-hybridized carbons (Fsp3) is 0.0556. The van der Waals surface area contributed by atoms with Gasteiger partial charge in [0.15, 0.2) is 0 Å². The largest absolute Gasteiger partial charge is 0.478 e. The summed E-state index contributed by atoms with van der Waals surface area (Å²) in [5, 5.41) is 31.0. The first-order valence-electron chi connectivity index (χ1n) is 7.67. The zero-order chi connectivity index (χ0) is 18.5. The number of carboxylic acids is 1. The lowest BCUT2D eigenvalue weighted by Crippen LogP contribution is -2.04. The van der Waals surface area contributed by atoms with E-state index in [4.69, 9.17) is 5.11 Å². The molecular weight excluding hydrogens is 336 g/mol. The Kier molecular flexibility index (Phi) is 4.84. The highest BCUT2D eigenvalue weighted by molar-refractivity contribution is 5.87. The molecule has 3 rings (SSSR count). The van der Waals surface area contributed by atoms with Crippen molar-refractivity contribution in [2.75, 3.05) is 5.32 Å². The highest BCUT2D eigenvalue weighted by atomic mass is 16.6. The number of nitrogens with zero attached hydrogens (tertiary/aromatic N) is 3. The van der Waals surface area contributed by atoms with Gasteiger partial charge < -0.3 is 10.4 Å². The molecular formula is C18H14N4O4. The van der Waals surface area contributed by atoms with E-state index in [-0.39, 0.29) is 11.3 Å². The van der Waals surface area contributed by atoms with Crippen LogP contribution in [0.3, 0.4) is 0 Å². The highest BCUT2D eigenvalue weighted by Crippen LogP contribution is 2.22. The number of hydrogen-bond donors (Lipinski definition) is 2. The van der Waals surface area contributed by atoms with E-state index in [2.05, 4.69) is 15.5 Å². The Morgan fingerprint density at radius 1 is 1.08 bits per heavy atom. The van der Waals surface area contributed by atoms with Crippen LogP contribution in [0.5, 0.6) is 0 Å². The summed E-state index contributed by atoms with van der Waals surface area (Å²) in [6, 6.07) is 16.2. The highest BCUT2D eigenvalue weighted by Gasteiger charge is 2.09. The zero-order valence-corrected chi connectivity index (χ0v) is 13.5. The SMILES string of the molecule is O=C(O)c1cccc(CNc2ccc(-c3cccc([N+](=O)[O-])c3)nn2)c1. The van der Waals surface area contributed by atoms with Crippen LogP contribution in [0.25, 0.3) is 11.3 Å². The summed E-state index contributed by atoms with van der Waals surface area (Å²) in [5.74, 6) is -0.465. The molecule has 0 unspecified atom stereocenters. The van der Waals surface area contributed by atoms with E-state index in [0.717, 1.165) is 5.56 Å². The van der Waals surface area contributed by atoms with Crippen LogP contribution in [0.15, 0.2) is 60.7 Å². The monoisotopic (exact) mass is 350 g/mol. The number of carbonyl (C=O) groups is 1. The van der Waals surface area contributed by atoms with Gasteiger partial charge in [-0.1, -0.05) is 24.3 Å². The molecule has 2 aromatic carbocycles. The van der Waals surface area contributed by atoms with Crippen molar-refractivity contribution >= 4 is 17.5 Å². The number of nitro groups is 1. The summed E-state index contributed by atoms with van der Waals surface area (Å²) in [5.41, 5.74) is 2.13. The molecule has 0 aliphatic carbocycles. The lowest BCUT2D eigenvalue weighted by Gasteiger charge is -2.07. The van der Waals surface area contributed by atoms with Crippen molar-refractivity contribution in [1.82, 2.24) is 10.2 Å². The van der Waals surface area contributed by atoms with Gasteiger partial charge in [-0.2, -0.15) is 0 Å². The number of non-ortho nitro benzene ring substituents is 1. The average molecular weight is 350 g/mol. The van der Waals surface area contributed by atoms with Crippen molar-refractivity contribution in [3.63, 3.8) is 0 Å². The minimum atomic E-state index is -0.979. The lowest BCUT2D eigenvalue weighted by molar-refractivity contribution is -0.384. The van der Waals surface area contributed by atoms with Crippen LogP contribution in [0.1, 0.15) is 15.9 Å². The Bertz CT molecular complexity index is 957. The van der Waals surface area contributed by atoms with Gasteiger partial charge in [-0.25, -0.2) is 4.79 Å². The smallest absolute Gasteiger partial charge is 0.335 e. The van der Waals surface area contributed by atoms with Gasteiger partial charge in [-0.3, -0.25) is 10.1 Å². The fourth-order valence-electron chi connectivity index (χ4n) is 2.37. The number of aromatic nitrogens is 2. The first-order valence-corrected chi connectivity index (χ1v) is 7.67. The molecule has 0 bridgehead atoms. The maximum absolute atomic E-state index is 11.0. The van der Waals surface area contributed by atoms with E-state index in [0.29, 0.717) is 23.6 Å². The second-order valence-corrected chi connectivity index (χ2v) is 5.47. The Balaban J connectivity index is 1.70. The minimum absolute atomic E-state index is 0.00943. The molecule has 130 valence electrons. The number of benzene rings is 2. The van der Waals surface area contributed by atoms with Crippen molar-refractivity contribution in [3.8, 4) is 11.3 Å². The topological polar surface area (TPSA) is 118 Å². The Morgan fingerprint density at radius 2 is 1.88 bits per heavy atom. The molecule has 26 heavy (non-hydrogen) atoms. The van der Waals surface area contributed by atoms with Gasteiger partial charge in [0, 0.05) is 24.2 Å². The van der Waals surface area contributed by atoms with Crippen LogP contribution in [0.4, 0.5) is 11.5 Å². The second kappa shape index (κ2) is 7.39. The standard InChI is InChI=1S/C18H14N4O4/c23-18(24)14-5-1-3-12(9-14)11-19-17-8-7-16(20-21-17)13-4-2-6-15(10-13)22(25)26/h1-10H,11H2,(H,19,21)(H,23,24). The molecule has 0 saturated heterocycles. The molecule has 0 radical (unpaired) electrons. The third kappa shape index (κ3) is 3.99.